The average molecular weight is 220 g/mol. The fourth-order valence-electron chi connectivity index (χ4n) is 0.673. The molecule has 0 amide bonds. The number of rotatable bonds is 2. The maximum Gasteiger partial charge on any atom is 0.264 e. The molecule has 0 aliphatic heterocycles. The van der Waals surface area contributed by atoms with Crippen molar-refractivity contribution in [2.45, 2.75) is 13.3 Å². The summed E-state index contributed by atoms with van der Waals surface area (Å²) in [5.41, 5.74) is 0. The molecule has 0 aromatic heterocycles. The molecule has 1 rings (SSSR count). The van der Waals surface area contributed by atoms with Gasteiger partial charge in [-0.2, -0.15) is 8.42 Å². The van der Waals surface area contributed by atoms with Crippen molar-refractivity contribution in [3.05, 3.63) is 36.1 Å². The van der Waals surface area contributed by atoms with Crippen LogP contribution in [-0.4, -0.2) is 18.7 Å². The summed E-state index contributed by atoms with van der Waals surface area (Å²) in [7, 11) is -3.67. The first-order valence-corrected chi connectivity index (χ1v) is 5.72. The molecule has 0 radical (unpaired) electrons. The Morgan fingerprint density at radius 2 is 1.79 bits per heavy atom. The van der Waals surface area contributed by atoms with E-state index in [4.69, 9.17) is 4.55 Å². The predicted octanol–water partition coefficient (Wildman–Crippen LogP) is 2.11. The Morgan fingerprint density at radius 3 is 1.93 bits per heavy atom. The fourth-order valence-corrected chi connectivity index (χ4v) is 1.19. The normalized spacial score (nSPS) is 10.2. The smallest absolute Gasteiger partial charge is 0.264 e. The highest BCUT2D eigenvalue weighted by Crippen LogP contribution is 1.91. The zero-order chi connectivity index (χ0) is 11.0. The molecule has 80 valence electrons. The molecule has 3 nitrogen and oxygen atoms in total. The number of benzene rings is 1. The van der Waals surface area contributed by atoms with E-state index < -0.39 is 10.1 Å². The van der Waals surface area contributed by atoms with Crippen LogP contribution >= 0.6 is 0 Å². The van der Waals surface area contributed by atoms with Crippen molar-refractivity contribution in [1.29, 1.82) is 0 Å². The van der Waals surface area contributed by atoms with Crippen molar-refractivity contribution in [3.63, 3.8) is 0 Å². The third-order valence-corrected chi connectivity index (χ3v) is 2.12. The fraction of sp³-hybridized carbons (Fsp3) is 0.333. The van der Waals surface area contributed by atoms with Crippen LogP contribution in [0, 0.1) is 5.82 Å². The van der Waals surface area contributed by atoms with Crippen molar-refractivity contribution in [2.75, 3.05) is 5.75 Å². The van der Waals surface area contributed by atoms with Gasteiger partial charge in [-0.1, -0.05) is 25.1 Å². The molecule has 0 fully saturated rings. The molecule has 1 N–H and O–H groups in total. The Labute approximate surface area is 83.3 Å². The molecule has 0 aliphatic rings. The summed E-state index contributed by atoms with van der Waals surface area (Å²) in [6.45, 7) is 1.69. The zero-order valence-corrected chi connectivity index (χ0v) is 8.67. The quantitative estimate of drug-likeness (QED) is 0.776. The largest absolute Gasteiger partial charge is 0.286 e. The first-order chi connectivity index (χ1) is 6.45. The van der Waals surface area contributed by atoms with E-state index >= 15 is 0 Å². The van der Waals surface area contributed by atoms with E-state index in [1.165, 1.54) is 12.1 Å². The number of hydrogen-bond acceptors (Lipinski definition) is 2. The lowest BCUT2D eigenvalue weighted by molar-refractivity contribution is 0.482. The summed E-state index contributed by atoms with van der Waals surface area (Å²) in [5.74, 6) is -0.310. The van der Waals surface area contributed by atoms with Crippen molar-refractivity contribution in [3.8, 4) is 0 Å². The van der Waals surface area contributed by atoms with Crippen LogP contribution in [0.2, 0.25) is 0 Å². The maximum absolute atomic E-state index is 11.9. The Morgan fingerprint density at radius 1 is 1.29 bits per heavy atom. The minimum absolute atomic E-state index is 0.132. The van der Waals surface area contributed by atoms with Crippen molar-refractivity contribution in [1.82, 2.24) is 0 Å². The van der Waals surface area contributed by atoms with Crippen LogP contribution in [0.4, 0.5) is 4.39 Å². The topological polar surface area (TPSA) is 54.4 Å². The first kappa shape index (κ1) is 13.1. The second-order valence-electron chi connectivity index (χ2n) is 2.58. The lowest BCUT2D eigenvalue weighted by Gasteiger charge is -1.85. The van der Waals surface area contributed by atoms with Gasteiger partial charge in [0.2, 0.25) is 0 Å². The summed E-state index contributed by atoms with van der Waals surface area (Å²) in [6.07, 6.45) is 0.471. The van der Waals surface area contributed by atoms with E-state index in [1.807, 2.05) is 0 Å². The second kappa shape index (κ2) is 6.50. The molecule has 14 heavy (non-hydrogen) atoms. The maximum atomic E-state index is 11.9. The van der Waals surface area contributed by atoms with Crippen molar-refractivity contribution < 1.29 is 17.4 Å². The van der Waals surface area contributed by atoms with Gasteiger partial charge in [0.15, 0.2) is 0 Å². The minimum atomic E-state index is -3.67. The Bertz CT molecular complexity index is 334. The Balaban J connectivity index is 0.000000241. The van der Waals surface area contributed by atoms with Gasteiger partial charge in [0.1, 0.15) is 5.82 Å². The van der Waals surface area contributed by atoms with E-state index in [1.54, 1.807) is 25.1 Å². The van der Waals surface area contributed by atoms with Crippen LogP contribution in [0.3, 0.4) is 0 Å². The number of hydrogen-bond donors (Lipinski definition) is 1. The Kier molecular flexibility index (Phi) is 6.07. The molecule has 0 aliphatic carbocycles. The molecular weight excluding hydrogens is 207 g/mol. The van der Waals surface area contributed by atoms with Gasteiger partial charge in [-0.05, 0) is 18.6 Å². The van der Waals surface area contributed by atoms with Gasteiger partial charge in [-0.25, -0.2) is 4.39 Å². The summed E-state index contributed by atoms with van der Waals surface area (Å²) in [6, 6.07) is 7.94. The lowest BCUT2D eigenvalue weighted by Crippen LogP contribution is -2.01. The van der Waals surface area contributed by atoms with Crippen LogP contribution in [0.1, 0.15) is 13.3 Å². The van der Waals surface area contributed by atoms with Gasteiger partial charge >= 0.3 is 0 Å². The SMILES string of the molecule is CCCS(=O)(=O)O.Fc1ccccc1. The molecular formula is C9H13FO3S. The van der Waals surface area contributed by atoms with Crippen LogP contribution in [0.5, 0.6) is 0 Å². The van der Waals surface area contributed by atoms with Gasteiger partial charge in [0.05, 0.1) is 5.75 Å². The Hall–Kier alpha value is -0.940. The average Bonchev–Trinajstić information content (AvgIpc) is 2.04. The van der Waals surface area contributed by atoms with E-state index in [2.05, 4.69) is 0 Å². The summed E-state index contributed by atoms with van der Waals surface area (Å²) >= 11 is 0. The molecule has 0 bridgehead atoms. The molecule has 5 heteroatoms. The molecule has 0 saturated carbocycles. The molecule has 0 atom stereocenters. The predicted molar refractivity (Wildman–Crippen MR) is 53.1 cm³/mol. The van der Waals surface area contributed by atoms with Crippen LogP contribution in [0.15, 0.2) is 30.3 Å². The molecule has 0 unspecified atom stereocenters. The molecule has 0 saturated heterocycles. The van der Waals surface area contributed by atoms with Gasteiger partial charge in [0.25, 0.3) is 10.1 Å². The van der Waals surface area contributed by atoms with E-state index in [0.717, 1.165) is 0 Å². The highest BCUT2D eigenvalue weighted by atomic mass is 32.2. The van der Waals surface area contributed by atoms with Gasteiger partial charge in [0, 0.05) is 0 Å². The highest BCUT2D eigenvalue weighted by Gasteiger charge is 1.98. The third-order valence-electron chi connectivity index (χ3n) is 1.20. The zero-order valence-electron chi connectivity index (χ0n) is 7.85. The van der Waals surface area contributed by atoms with E-state index in [9.17, 15) is 12.8 Å². The molecule has 1 aromatic carbocycles. The van der Waals surface area contributed by atoms with Crippen LogP contribution in [0.25, 0.3) is 0 Å². The summed E-state index contributed by atoms with van der Waals surface area (Å²) in [5, 5.41) is 0. The first-order valence-electron chi connectivity index (χ1n) is 4.11. The summed E-state index contributed by atoms with van der Waals surface area (Å²) < 4.78 is 39.5. The van der Waals surface area contributed by atoms with Crippen molar-refractivity contribution >= 4 is 10.1 Å². The minimum Gasteiger partial charge on any atom is -0.286 e. The standard InChI is InChI=1S/C6H5F.C3H8O3S/c7-6-4-2-1-3-5-6;1-2-3-7(4,5)6/h1-5H;2-3H2,1H3,(H,4,5,6). The highest BCUT2D eigenvalue weighted by molar-refractivity contribution is 7.85. The van der Waals surface area contributed by atoms with E-state index in [0.29, 0.717) is 6.42 Å². The third kappa shape index (κ3) is 9.15. The second-order valence-corrected chi connectivity index (χ2v) is 4.15. The van der Waals surface area contributed by atoms with Gasteiger partial charge in [-0.3, -0.25) is 4.55 Å². The molecule has 0 heterocycles. The number of halogens is 1. The molecule has 1 aromatic rings. The van der Waals surface area contributed by atoms with Gasteiger partial charge < -0.3 is 0 Å². The lowest BCUT2D eigenvalue weighted by atomic mass is 10.4. The van der Waals surface area contributed by atoms with Crippen molar-refractivity contribution in [2.24, 2.45) is 0 Å². The monoisotopic (exact) mass is 220 g/mol. The van der Waals surface area contributed by atoms with Gasteiger partial charge in [-0.15, -0.1) is 0 Å². The van der Waals surface area contributed by atoms with E-state index in [-0.39, 0.29) is 11.6 Å². The summed E-state index contributed by atoms with van der Waals surface area (Å²) in [4.78, 5) is 0. The van der Waals surface area contributed by atoms with Crippen LogP contribution < -0.4 is 0 Å². The molecule has 0 spiro atoms. The van der Waals surface area contributed by atoms with Crippen LogP contribution in [-0.2, 0) is 10.1 Å².